The van der Waals surface area contributed by atoms with Gasteiger partial charge in [-0.05, 0) is 49.3 Å². The SMILES string of the molecule is Cc1ccccc1CC(O)/C1=C/CCCCCC1. The molecule has 0 heterocycles. The van der Waals surface area contributed by atoms with Gasteiger partial charge in [-0.2, -0.15) is 0 Å². The van der Waals surface area contributed by atoms with Crippen LogP contribution in [0.2, 0.25) is 0 Å². The zero-order chi connectivity index (χ0) is 12.8. The third-order valence-electron chi connectivity index (χ3n) is 3.93. The van der Waals surface area contributed by atoms with E-state index in [0.29, 0.717) is 0 Å². The summed E-state index contributed by atoms with van der Waals surface area (Å²) in [5.41, 5.74) is 3.81. The molecule has 1 aliphatic carbocycles. The standard InChI is InChI=1S/C17H24O/c1-14-9-7-8-12-16(14)13-17(18)15-10-5-3-2-4-6-11-15/h7-10,12,17-18H,2-6,11,13H2,1H3/b15-10+. The third-order valence-corrected chi connectivity index (χ3v) is 3.93. The van der Waals surface area contributed by atoms with Crippen molar-refractivity contribution in [1.82, 2.24) is 0 Å². The molecule has 1 aromatic carbocycles. The number of benzene rings is 1. The second kappa shape index (κ2) is 6.75. The van der Waals surface area contributed by atoms with Gasteiger partial charge in [-0.1, -0.05) is 43.2 Å². The molecule has 0 radical (unpaired) electrons. The first-order valence-corrected chi connectivity index (χ1v) is 7.19. The smallest absolute Gasteiger partial charge is 0.0790 e. The van der Waals surface area contributed by atoms with Gasteiger partial charge < -0.3 is 5.11 Å². The topological polar surface area (TPSA) is 20.2 Å². The molecule has 0 saturated carbocycles. The van der Waals surface area contributed by atoms with Gasteiger partial charge in [-0.25, -0.2) is 0 Å². The molecule has 0 spiro atoms. The van der Waals surface area contributed by atoms with Gasteiger partial charge in [0.1, 0.15) is 0 Å². The summed E-state index contributed by atoms with van der Waals surface area (Å²) in [5, 5.41) is 10.4. The molecule has 0 bridgehead atoms. The van der Waals surface area contributed by atoms with Gasteiger partial charge in [-0.15, -0.1) is 0 Å². The van der Waals surface area contributed by atoms with E-state index in [1.54, 1.807) is 0 Å². The Labute approximate surface area is 111 Å². The molecule has 1 aromatic rings. The van der Waals surface area contributed by atoms with Crippen LogP contribution in [-0.4, -0.2) is 11.2 Å². The van der Waals surface area contributed by atoms with E-state index in [-0.39, 0.29) is 6.10 Å². The van der Waals surface area contributed by atoms with Crippen LogP contribution in [0.15, 0.2) is 35.9 Å². The highest BCUT2D eigenvalue weighted by Crippen LogP contribution is 2.22. The summed E-state index contributed by atoms with van der Waals surface area (Å²) < 4.78 is 0. The molecule has 1 nitrogen and oxygen atoms in total. The lowest BCUT2D eigenvalue weighted by Gasteiger charge is -2.18. The fraction of sp³-hybridized carbons (Fsp3) is 0.529. The maximum atomic E-state index is 10.4. The van der Waals surface area contributed by atoms with Crippen LogP contribution in [0, 0.1) is 6.92 Å². The Morgan fingerprint density at radius 2 is 1.89 bits per heavy atom. The van der Waals surface area contributed by atoms with Crippen LogP contribution < -0.4 is 0 Å². The molecule has 0 fully saturated rings. The summed E-state index contributed by atoms with van der Waals surface area (Å²) in [7, 11) is 0. The molecule has 0 amide bonds. The minimum Gasteiger partial charge on any atom is -0.388 e. The molecule has 18 heavy (non-hydrogen) atoms. The zero-order valence-electron chi connectivity index (χ0n) is 11.4. The maximum absolute atomic E-state index is 10.4. The molecule has 2 rings (SSSR count). The first kappa shape index (κ1) is 13.4. The lowest BCUT2D eigenvalue weighted by atomic mass is 9.92. The highest BCUT2D eigenvalue weighted by atomic mass is 16.3. The molecule has 98 valence electrons. The van der Waals surface area contributed by atoms with Gasteiger partial charge in [0.2, 0.25) is 0 Å². The number of aliphatic hydroxyl groups excluding tert-OH is 1. The quantitative estimate of drug-likeness (QED) is 0.791. The average Bonchev–Trinajstić information content (AvgIpc) is 2.31. The zero-order valence-corrected chi connectivity index (χ0v) is 11.4. The summed E-state index contributed by atoms with van der Waals surface area (Å²) in [5.74, 6) is 0. The number of hydrogen-bond donors (Lipinski definition) is 1. The van der Waals surface area contributed by atoms with Crippen molar-refractivity contribution in [2.45, 2.75) is 58.0 Å². The van der Waals surface area contributed by atoms with Gasteiger partial charge in [0.05, 0.1) is 6.10 Å². The summed E-state index contributed by atoms with van der Waals surface area (Å²) in [6, 6.07) is 8.36. The van der Waals surface area contributed by atoms with Gasteiger partial charge in [0.25, 0.3) is 0 Å². The molecular formula is C17H24O. The Morgan fingerprint density at radius 3 is 2.72 bits per heavy atom. The van der Waals surface area contributed by atoms with Crippen molar-refractivity contribution >= 4 is 0 Å². The summed E-state index contributed by atoms with van der Waals surface area (Å²) in [6.07, 6.45) is 10.1. The Bertz CT molecular complexity index is 406. The van der Waals surface area contributed by atoms with E-state index in [9.17, 15) is 5.11 Å². The van der Waals surface area contributed by atoms with Gasteiger partial charge >= 0.3 is 0 Å². The van der Waals surface area contributed by atoms with Gasteiger partial charge in [0, 0.05) is 6.42 Å². The number of rotatable bonds is 3. The van der Waals surface area contributed by atoms with Crippen molar-refractivity contribution in [1.29, 1.82) is 0 Å². The predicted molar refractivity (Wildman–Crippen MR) is 76.7 cm³/mol. The fourth-order valence-electron chi connectivity index (χ4n) is 2.70. The van der Waals surface area contributed by atoms with E-state index >= 15 is 0 Å². The van der Waals surface area contributed by atoms with Crippen LogP contribution in [0.3, 0.4) is 0 Å². The van der Waals surface area contributed by atoms with Crippen molar-refractivity contribution in [3.05, 3.63) is 47.0 Å². The first-order chi connectivity index (χ1) is 8.77. The van der Waals surface area contributed by atoms with E-state index in [2.05, 4.69) is 37.3 Å². The van der Waals surface area contributed by atoms with E-state index in [1.807, 2.05) is 0 Å². The highest BCUT2D eigenvalue weighted by molar-refractivity contribution is 5.28. The second-order valence-corrected chi connectivity index (χ2v) is 5.38. The molecule has 1 heteroatoms. The largest absolute Gasteiger partial charge is 0.388 e. The average molecular weight is 244 g/mol. The number of aryl methyl sites for hydroxylation is 1. The lowest BCUT2D eigenvalue weighted by Crippen LogP contribution is -2.15. The number of hydrogen-bond acceptors (Lipinski definition) is 1. The summed E-state index contributed by atoms with van der Waals surface area (Å²) in [6.45, 7) is 2.12. The Balaban J connectivity index is 2.02. The van der Waals surface area contributed by atoms with Crippen molar-refractivity contribution < 1.29 is 5.11 Å². The van der Waals surface area contributed by atoms with Crippen molar-refractivity contribution in [2.24, 2.45) is 0 Å². The molecule has 1 atom stereocenters. The molecule has 0 aromatic heterocycles. The van der Waals surface area contributed by atoms with E-state index < -0.39 is 0 Å². The molecule has 0 aliphatic heterocycles. The van der Waals surface area contributed by atoms with Gasteiger partial charge in [0.15, 0.2) is 0 Å². The van der Waals surface area contributed by atoms with Crippen molar-refractivity contribution in [3.8, 4) is 0 Å². The highest BCUT2D eigenvalue weighted by Gasteiger charge is 2.13. The van der Waals surface area contributed by atoms with Crippen molar-refractivity contribution in [3.63, 3.8) is 0 Å². The monoisotopic (exact) mass is 244 g/mol. The van der Waals surface area contributed by atoms with Crippen LogP contribution in [0.1, 0.15) is 49.7 Å². The molecule has 1 aliphatic rings. The Kier molecular flexibility index (Phi) is 5.00. The number of allylic oxidation sites excluding steroid dienone is 1. The molecule has 0 saturated heterocycles. The summed E-state index contributed by atoms with van der Waals surface area (Å²) in [4.78, 5) is 0. The minimum absolute atomic E-state index is 0.288. The van der Waals surface area contributed by atoms with E-state index in [4.69, 9.17) is 0 Å². The van der Waals surface area contributed by atoms with Crippen LogP contribution in [0.25, 0.3) is 0 Å². The van der Waals surface area contributed by atoms with Crippen LogP contribution in [0.5, 0.6) is 0 Å². The van der Waals surface area contributed by atoms with Crippen LogP contribution >= 0.6 is 0 Å². The first-order valence-electron chi connectivity index (χ1n) is 7.19. The molecular weight excluding hydrogens is 220 g/mol. The Hall–Kier alpha value is -1.08. The second-order valence-electron chi connectivity index (χ2n) is 5.38. The lowest BCUT2D eigenvalue weighted by molar-refractivity contribution is 0.205. The molecule has 1 unspecified atom stereocenters. The predicted octanol–water partition coefficient (Wildman–Crippen LogP) is 4.18. The van der Waals surface area contributed by atoms with Crippen LogP contribution in [0.4, 0.5) is 0 Å². The van der Waals surface area contributed by atoms with E-state index in [1.165, 1.54) is 42.4 Å². The van der Waals surface area contributed by atoms with Crippen molar-refractivity contribution in [2.75, 3.05) is 0 Å². The summed E-state index contributed by atoms with van der Waals surface area (Å²) >= 11 is 0. The van der Waals surface area contributed by atoms with E-state index in [0.717, 1.165) is 19.3 Å². The normalized spacial score (nSPS) is 21.6. The minimum atomic E-state index is -0.288. The number of aliphatic hydroxyl groups is 1. The maximum Gasteiger partial charge on any atom is 0.0790 e. The van der Waals surface area contributed by atoms with Crippen LogP contribution in [-0.2, 0) is 6.42 Å². The Morgan fingerprint density at radius 1 is 1.11 bits per heavy atom. The van der Waals surface area contributed by atoms with Gasteiger partial charge in [-0.3, -0.25) is 0 Å². The molecule has 1 N–H and O–H groups in total. The fourth-order valence-corrected chi connectivity index (χ4v) is 2.70. The third kappa shape index (κ3) is 3.71.